The van der Waals surface area contributed by atoms with Crippen LogP contribution in [0, 0.1) is 13.8 Å². The van der Waals surface area contributed by atoms with E-state index in [9.17, 15) is 8.42 Å². The van der Waals surface area contributed by atoms with Gasteiger partial charge < -0.3 is 4.74 Å². The van der Waals surface area contributed by atoms with Crippen LogP contribution in [0.2, 0.25) is 0 Å². The third kappa shape index (κ3) is 3.57. The van der Waals surface area contributed by atoms with Crippen LogP contribution in [-0.4, -0.2) is 15.5 Å². The van der Waals surface area contributed by atoms with E-state index in [0.29, 0.717) is 11.4 Å². The largest absolute Gasteiger partial charge is 0.495 e. The van der Waals surface area contributed by atoms with Crippen LogP contribution < -0.4 is 9.46 Å². The summed E-state index contributed by atoms with van der Waals surface area (Å²) in [4.78, 5) is 0.135. The average molecular weight is 370 g/mol. The molecule has 0 saturated carbocycles. The molecule has 2 aromatic carbocycles. The average Bonchev–Trinajstić information content (AvgIpc) is 2.43. The quantitative estimate of drug-likeness (QED) is 0.889. The number of ether oxygens (including phenoxy) is 1. The van der Waals surface area contributed by atoms with Gasteiger partial charge in [-0.15, -0.1) is 0 Å². The molecule has 0 bridgehead atoms. The Bertz CT molecular complexity index is 755. The summed E-state index contributed by atoms with van der Waals surface area (Å²) >= 11 is 3.31. The number of hydrogen-bond acceptors (Lipinski definition) is 3. The normalized spacial score (nSPS) is 11.2. The lowest BCUT2D eigenvalue weighted by molar-refractivity contribution is 0.402. The standard InChI is InChI=1S/C15H16BrNO3S/c1-10-8-14(20-3)15(9-11(10)2)21(18,19)17-13-6-4-12(16)5-7-13/h4-9,17H,1-3H3. The number of anilines is 1. The fraction of sp³-hybridized carbons (Fsp3) is 0.200. The molecular weight excluding hydrogens is 354 g/mol. The van der Waals surface area contributed by atoms with Crippen LogP contribution in [-0.2, 0) is 10.0 Å². The van der Waals surface area contributed by atoms with Gasteiger partial charge in [0, 0.05) is 10.2 Å². The Morgan fingerprint density at radius 2 is 1.62 bits per heavy atom. The highest BCUT2D eigenvalue weighted by Crippen LogP contribution is 2.29. The van der Waals surface area contributed by atoms with Gasteiger partial charge in [-0.25, -0.2) is 8.42 Å². The number of halogens is 1. The third-order valence-corrected chi connectivity index (χ3v) is 5.10. The zero-order valence-corrected chi connectivity index (χ0v) is 14.4. The van der Waals surface area contributed by atoms with E-state index in [4.69, 9.17) is 4.74 Å². The molecule has 112 valence electrons. The number of benzene rings is 2. The number of hydrogen-bond donors (Lipinski definition) is 1. The second-order valence-corrected chi connectivity index (χ2v) is 7.27. The predicted molar refractivity (Wildman–Crippen MR) is 87.4 cm³/mol. The lowest BCUT2D eigenvalue weighted by Crippen LogP contribution is -2.14. The minimum absolute atomic E-state index is 0.135. The van der Waals surface area contributed by atoms with Crippen LogP contribution in [0.1, 0.15) is 11.1 Å². The lowest BCUT2D eigenvalue weighted by atomic mass is 10.1. The Morgan fingerprint density at radius 1 is 1.05 bits per heavy atom. The van der Waals surface area contributed by atoms with Crippen molar-refractivity contribution in [2.75, 3.05) is 11.8 Å². The van der Waals surface area contributed by atoms with Gasteiger partial charge in [-0.1, -0.05) is 15.9 Å². The zero-order valence-electron chi connectivity index (χ0n) is 12.0. The summed E-state index contributed by atoms with van der Waals surface area (Å²) in [6, 6.07) is 10.3. The molecule has 21 heavy (non-hydrogen) atoms. The van der Waals surface area contributed by atoms with Crippen molar-refractivity contribution in [3.8, 4) is 5.75 Å². The van der Waals surface area contributed by atoms with Crippen LogP contribution in [0.3, 0.4) is 0 Å². The first-order chi connectivity index (χ1) is 9.83. The van der Waals surface area contributed by atoms with Crippen LogP contribution in [0.5, 0.6) is 5.75 Å². The third-order valence-electron chi connectivity index (χ3n) is 3.17. The topological polar surface area (TPSA) is 55.4 Å². The van der Waals surface area contributed by atoms with E-state index in [1.165, 1.54) is 7.11 Å². The summed E-state index contributed by atoms with van der Waals surface area (Å²) in [6.07, 6.45) is 0. The molecule has 6 heteroatoms. The first-order valence-corrected chi connectivity index (χ1v) is 8.55. The molecule has 0 aliphatic carbocycles. The van der Waals surface area contributed by atoms with E-state index in [0.717, 1.165) is 15.6 Å². The highest BCUT2D eigenvalue weighted by Gasteiger charge is 2.20. The number of methoxy groups -OCH3 is 1. The highest BCUT2D eigenvalue weighted by atomic mass is 79.9. The fourth-order valence-corrected chi connectivity index (χ4v) is 3.42. The molecule has 0 fully saturated rings. The SMILES string of the molecule is COc1cc(C)c(C)cc1S(=O)(=O)Nc1ccc(Br)cc1. The Labute approximate surface area is 133 Å². The van der Waals surface area contributed by atoms with E-state index in [1.54, 1.807) is 36.4 Å². The van der Waals surface area contributed by atoms with Gasteiger partial charge in [0.25, 0.3) is 10.0 Å². The first kappa shape index (κ1) is 15.9. The molecule has 0 heterocycles. The van der Waals surface area contributed by atoms with Crippen molar-refractivity contribution in [1.82, 2.24) is 0 Å². The van der Waals surface area contributed by atoms with Crippen LogP contribution in [0.4, 0.5) is 5.69 Å². The second kappa shape index (κ2) is 6.07. The van der Waals surface area contributed by atoms with Crippen molar-refractivity contribution in [2.24, 2.45) is 0 Å². The second-order valence-electron chi connectivity index (χ2n) is 4.70. The number of rotatable bonds is 4. The minimum Gasteiger partial charge on any atom is -0.495 e. The molecule has 0 aliphatic rings. The number of sulfonamides is 1. The van der Waals surface area contributed by atoms with E-state index in [-0.39, 0.29) is 4.90 Å². The summed E-state index contributed by atoms with van der Waals surface area (Å²) in [5.41, 5.74) is 2.37. The van der Waals surface area contributed by atoms with Crippen LogP contribution >= 0.6 is 15.9 Å². The molecule has 0 unspecified atom stereocenters. The van der Waals surface area contributed by atoms with Crippen LogP contribution in [0.15, 0.2) is 45.8 Å². The minimum atomic E-state index is -3.70. The maximum Gasteiger partial charge on any atom is 0.265 e. The molecule has 0 atom stereocenters. The molecule has 2 rings (SSSR count). The van der Waals surface area contributed by atoms with Crippen LogP contribution in [0.25, 0.3) is 0 Å². The van der Waals surface area contributed by atoms with Gasteiger partial charge in [0.05, 0.1) is 7.11 Å². The van der Waals surface area contributed by atoms with Gasteiger partial charge in [0.1, 0.15) is 10.6 Å². The summed E-state index contributed by atoms with van der Waals surface area (Å²) in [5, 5.41) is 0. The number of aryl methyl sites for hydroxylation is 2. The van der Waals surface area contributed by atoms with E-state index in [1.807, 2.05) is 13.8 Å². The lowest BCUT2D eigenvalue weighted by Gasteiger charge is -2.14. The van der Waals surface area contributed by atoms with Crippen molar-refractivity contribution < 1.29 is 13.2 Å². The summed E-state index contributed by atoms with van der Waals surface area (Å²) in [7, 11) is -2.24. The van der Waals surface area contributed by atoms with E-state index >= 15 is 0 Å². The Balaban J connectivity index is 2.44. The number of nitrogens with one attached hydrogen (secondary N) is 1. The van der Waals surface area contributed by atoms with Crippen molar-refractivity contribution >= 4 is 31.6 Å². The molecule has 0 radical (unpaired) electrons. The van der Waals surface area contributed by atoms with E-state index < -0.39 is 10.0 Å². The highest BCUT2D eigenvalue weighted by molar-refractivity contribution is 9.10. The van der Waals surface area contributed by atoms with Gasteiger partial charge >= 0.3 is 0 Å². The molecule has 0 saturated heterocycles. The molecule has 1 N–H and O–H groups in total. The Kier molecular flexibility index (Phi) is 4.58. The molecule has 0 aromatic heterocycles. The maximum absolute atomic E-state index is 12.5. The van der Waals surface area contributed by atoms with Gasteiger partial charge in [-0.05, 0) is 61.4 Å². The van der Waals surface area contributed by atoms with E-state index in [2.05, 4.69) is 20.7 Å². The molecule has 2 aromatic rings. The molecule has 0 aliphatic heterocycles. The zero-order chi connectivity index (χ0) is 15.6. The molecule has 0 spiro atoms. The van der Waals surface area contributed by atoms with Gasteiger partial charge in [0.15, 0.2) is 0 Å². The summed E-state index contributed by atoms with van der Waals surface area (Å²) in [6.45, 7) is 3.78. The van der Waals surface area contributed by atoms with Gasteiger partial charge in [0.2, 0.25) is 0 Å². The first-order valence-electron chi connectivity index (χ1n) is 6.27. The summed E-state index contributed by atoms with van der Waals surface area (Å²) in [5.74, 6) is 0.336. The fourth-order valence-electron chi connectivity index (χ4n) is 1.86. The molecule has 0 amide bonds. The smallest absolute Gasteiger partial charge is 0.265 e. The van der Waals surface area contributed by atoms with Crippen molar-refractivity contribution in [3.05, 3.63) is 52.0 Å². The Morgan fingerprint density at radius 3 is 2.19 bits per heavy atom. The summed E-state index contributed by atoms with van der Waals surface area (Å²) < 4.78 is 33.7. The Hall–Kier alpha value is -1.53. The van der Waals surface area contributed by atoms with Crippen molar-refractivity contribution in [1.29, 1.82) is 0 Å². The van der Waals surface area contributed by atoms with Gasteiger partial charge in [-0.2, -0.15) is 0 Å². The maximum atomic E-state index is 12.5. The van der Waals surface area contributed by atoms with Crippen molar-refractivity contribution in [3.63, 3.8) is 0 Å². The predicted octanol–water partition coefficient (Wildman–Crippen LogP) is 3.88. The monoisotopic (exact) mass is 369 g/mol. The van der Waals surface area contributed by atoms with Gasteiger partial charge in [-0.3, -0.25) is 4.72 Å². The molecule has 4 nitrogen and oxygen atoms in total. The molecular formula is C15H16BrNO3S. The van der Waals surface area contributed by atoms with Crippen molar-refractivity contribution in [2.45, 2.75) is 18.7 Å².